The summed E-state index contributed by atoms with van der Waals surface area (Å²) < 4.78 is 13.4. The minimum Gasteiger partial charge on any atom is -0.396 e. The van der Waals surface area contributed by atoms with Crippen molar-refractivity contribution in [3.8, 4) is 0 Å². The molecule has 1 aliphatic heterocycles. The van der Waals surface area contributed by atoms with E-state index in [-0.39, 0.29) is 30.5 Å². The third kappa shape index (κ3) is 6.09. The van der Waals surface area contributed by atoms with Gasteiger partial charge < -0.3 is 21.3 Å². The fourth-order valence-electron chi connectivity index (χ4n) is 3.26. The molecular weight excluding hydrogens is 402 g/mol. The lowest BCUT2D eigenvalue weighted by molar-refractivity contribution is 0.447. The summed E-state index contributed by atoms with van der Waals surface area (Å²) in [4.78, 5) is 11.6. The predicted molar refractivity (Wildman–Crippen MR) is 119 cm³/mol. The molecule has 0 amide bonds. The van der Waals surface area contributed by atoms with Crippen LogP contribution in [0.4, 0.5) is 27.5 Å². The summed E-state index contributed by atoms with van der Waals surface area (Å²) in [5, 5.41) is 6.52. The van der Waals surface area contributed by atoms with E-state index in [0.717, 1.165) is 43.9 Å². The van der Waals surface area contributed by atoms with Gasteiger partial charge in [-0.1, -0.05) is 13.3 Å². The van der Waals surface area contributed by atoms with Gasteiger partial charge >= 0.3 is 0 Å². The van der Waals surface area contributed by atoms with E-state index in [9.17, 15) is 4.39 Å². The Balaban J connectivity index is 0.00000196. The van der Waals surface area contributed by atoms with Crippen LogP contribution in [0, 0.1) is 5.82 Å². The van der Waals surface area contributed by atoms with Gasteiger partial charge in [-0.2, -0.15) is 4.98 Å². The summed E-state index contributed by atoms with van der Waals surface area (Å²) >= 11 is 0. The highest BCUT2D eigenvalue weighted by molar-refractivity contribution is 5.85. The van der Waals surface area contributed by atoms with Gasteiger partial charge in [0, 0.05) is 36.6 Å². The van der Waals surface area contributed by atoms with Crippen molar-refractivity contribution in [1.29, 1.82) is 0 Å². The smallest absolute Gasteiger partial charge is 0.229 e. The summed E-state index contributed by atoms with van der Waals surface area (Å²) in [6, 6.07) is 7.09. The molecule has 0 unspecified atom stereocenters. The molecule has 4 N–H and O–H groups in total. The molecule has 1 aromatic heterocycles. The Morgan fingerprint density at radius 3 is 2.71 bits per heavy atom. The largest absolute Gasteiger partial charge is 0.396 e. The summed E-state index contributed by atoms with van der Waals surface area (Å²) in [7, 11) is 2.00. The van der Waals surface area contributed by atoms with E-state index in [1.54, 1.807) is 12.1 Å². The van der Waals surface area contributed by atoms with Gasteiger partial charge in [-0.25, -0.2) is 9.37 Å². The van der Waals surface area contributed by atoms with E-state index < -0.39 is 5.82 Å². The zero-order valence-corrected chi connectivity index (χ0v) is 17.9. The Hall–Kier alpha value is -1.83. The van der Waals surface area contributed by atoms with Crippen molar-refractivity contribution in [3.63, 3.8) is 0 Å². The number of anilines is 4. The van der Waals surface area contributed by atoms with Crippen molar-refractivity contribution in [3.05, 3.63) is 35.8 Å². The van der Waals surface area contributed by atoms with Gasteiger partial charge in [-0.3, -0.25) is 0 Å². The highest BCUT2D eigenvalue weighted by atomic mass is 35.5. The molecule has 1 atom stereocenters. The Kier molecular flexibility index (Phi) is 9.72. The number of aryl methyl sites for hydroxylation is 1. The highest BCUT2D eigenvalue weighted by Crippen LogP contribution is 2.24. The van der Waals surface area contributed by atoms with Crippen molar-refractivity contribution >= 4 is 48.0 Å². The van der Waals surface area contributed by atoms with Crippen LogP contribution in [-0.4, -0.2) is 36.1 Å². The molecule has 1 aromatic carbocycles. The van der Waals surface area contributed by atoms with Crippen molar-refractivity contribution in [2.45, 2.75) is 38.6 Å². The Bertz CT molecular complexity index is 761. The maximum absolute atomic E-state index is 13.4. The summed E-state index contributed by atoms with van der Waals surface area (Å²) in [5.41, 5.74) is 7.44. The lowest BCUT2D eigenvalue weighted by Gasteiger charge is -2.33. The first-order valence-corrected chi connectivity index (χ1v) is 9.21. The molecular formula is C19H29Cl2FN6. The van der Waals surface area contributed by atoms with Gasteiger partial charge in [0.2, 0.25) is 5.95 Å². The molecule has 2 heterocycles. The number of nitrogens with two attached hydrogens (primary N) is 1. The molecule has 1 saturated heterocycles. The number of likely N-dealkylation sites (N-methyl/N-ethyl adjacent to an activating group) is 1. The number of piperidine rings is 1. The quantitative estimate of drug-likeness (QED) is 0.602. The minimum atomic E-state index is -0.427. The van der Waals surface area contributed by atoms with Crippen LogP contribution >= 0.6 is 24.8 Å². The molecule has 0 saturated carbocycles. The van der Waals surface area contributed by atoms with Crippen LogP contribution in [0.1, 0.15) is 31.9 Å². The molecule has 0 spiro atoms. The first kappa shape index (κ1) is 24.2. The summed E-state index contributed by atoms with van der Waals surface area (Å²) in [6.07, 6.45) is 4.22. The number of rotatable bonds is 6. The number of benzene rings is 1. The van der Waals surface area contributed by atoms with Crippen LogP contribution in [0.25, 0.3) is 0 Å². The SMILES string of the molecule is CCCc1cc(N2CCC[C@@H](NC)C2)nc(Nc2ccc(F)c(N)c2)n1.Cl.Cl. The van der Waals surface area contributed by atoms with Gasteiger partial charge in [0.15, 0.2) is 0 Å². The van der Waals surface area contributed by atoms with Crippen molar-refractivity contribution in [1.82, 2.24) is 15.3 Å². The number of halogens is 3. The fraction of sp³-hybridized carbons (Fsp3) is 0.474. The monoisotopic (exact) mass is 430 g/mol. The summed E-state index contributed by atoms with van der Waals surface area (Å²) in [6.45, 7) is 4.05. The van der Waals surface area contributed by atoms with Gasteiger partial charge in [0.05, 0.1) is 5.69 Å². The molecule has 156 valence electrons. The molecule has 0 aliphatic carbocycles. The van der Waals surface area contributed by atoms with Gasteiger partial charge in [-0.05, 0) is 44.5 Å². The summed E-state index contributed by atoms with van der Waals surface area (Å²) in [5.74, 6) is 1.02. The number of aromatic nitrogens is 2. The highest BCUT2D eigenvalue weighted by Gasteiger charge is 2.20. The van der Waals surface area contributed by atoms with E-state index in [1.807, 2.05) is 7.05 Å². The third-order valence-corrected chi connectivity index (χ3v) is 4.68. The van der Waals surface area contributed by atoms with Gasteiger partial charge in [0.1, 0.15) is 11.6 Å². The average Bonchev–Trinajstić information content (AvgIpc) is 2.65. The normalized spacial score (nSPS) is 16.1. The lowest BCUT2D eigenvalue weighted by Crippen LogP contribution is -2.44. The van der Waals surface area contributed by atoms with Gasteiger partial charge in [0.25, 0.3) is 0 Å². The van der Waals surface area contributed by atoms with Crippen LogP contribution in [0.5, 0.6) is 0 Å². The maximum Gasteiger partial charge on any atom is 0.229 e. The molecule has 6 nitrogen and oxygen atoms in total. The van der Waals surface area contributed by atoms with Crippen LogP contribution in [0.2, 0.25) is 0 Å². The first-order chi connectivity index (χ1) is 12.6. The third-order valence-electron chi connectivity index (χ3n) is 4.68. The average molecular weight is 431 g/mol. The minimum absolute atomic E-state index is 0. The van der Waals surface area contributed by atoms with Crippen LogP contribution in [-0.2, 0) is 6.42 Å². The zero-order valence-electron chi connectivity index (χ0n) is 16.2. The van der Waals surface area contributed by atoms with E-state index >= 15 is 0 Å². The predicted octanol–water partition coefficient (Wildman–Crippen LogP) is 3.93. The number of hydrogen-bond donors (Lipinski definition) is 3. The van der Waals surface area contributed by atoms with E-state index in [2.05, 4.69) is 33.5 Å². The molecule has 3 rings (SSSR count). The van der Waals surface area contributed by atoms with E-state index in [0.29, 0.717) is 17.7 Å². The Labute approximate surface area is 178 Å². The van der Waals surface area contributed by atoms with Crippen LogP contribution < -0.4 is 21.3 Å². The fourth-order valence-corrected chi connectivity index (χ4v) is 3.26. The number of nitrogen functional groups attached to an aromatic ring is 1. The van der Waals surface area contributed by atoms with E-state index in [1.165, 1.54) is 12.5 Å². The number of nitrogens with one attached hydrogen (secondary N) is 2. The molecule has 0 radical (unpaired) electrons. The zero-order chi connectivity index (χ0) is 18.5. The standard InChI is InChI=1S/C19H27FN6.2ClH/c1-3-5-13-11-18(26-9-4-6-15(12-26)22-2)25-19(23-13)24-14-7-8-16(20)17(21)10-14;;/h7-8,10-11,15,22H,3-6,9,12,21H2,1-2H3,(H,23,24,25);2*1H/t15-;;/m1../s1. The lowest BCUT2D eigenvalue weighted by atomic mass is 10.1. The van der Waals surface area contributed by atoms with E-state index in [4.69, 9.17) is 10.7 Å². The second kappa shape index (κ2) is 11.2. The second-order valence-electron chi connectivity index (χ2n) is 6.73. The van der Waals surface area contributed by atoms with Crippen molar-refractivity contribution < 1.29 is 4.39 Å². The molecule has 1 aliphatic rings. The Morgan fingerprint density at radius 2 is 2.04 bits per heavy atom. The molecule has 1 fully saturated rings. The first-order valence-electron chi connectivity index (χ1n) is 9.21. The molecule has 9 heteroatoms. The number of hydrogen-bond acceptors (Lipinski definition) is 6. The van der Waals surface area contributed by atoms with Crippen molar-refractivity contribution in [2.24, 2.45) is 0 Å². The molecule has 2 aromatic rings. The Morgan fingerprint density at radius 1 is 1.25 bits per heavy atom. The van der Waals surface area contributed by atoms with Crippen molar-refractivity contribution in [2.75, 3.05) is 36.1 Å². The second-order valence-corrected chi connectivity index (χ2v) is 6.73. The molecule has 28 heavy (non-hydrogen) atoms. The van der Waals surface area contributed by atoms with Gasteiger partial charge in [-0.15, -0.1) is 24.8 Å². The maximum atomic E-state index is 13.4. The molecule has 0 bridgehead atoms. The number of nitrogens with zero attached hydrogens (tertiary/aromatic N) is 3. The van der Waals surface area contributed by atoms with Crippen LogP contribution in [0.15, 0.2) is 24.3 Å². The topological polar surface area (TPSA) is 79.1 Å². The van der Waals surface area contributed by atoms with Crippen LogP contribution in [0.3, 0.4) is 0 Å².